The van der Waals surface area contributed by atoms with Crippen LogP contribution < -0.4 is 16.4 Å². The van der Waals surface area contributed by atoms with Crippen molar-refractivity contribution < 1.29 is 9.59 Å². The molecule has 3 amide bonds. The van der Waals surface area contributed by atoms with Crippen LogP contribution in [0.2, 0.25) is 0 Å². The second-order valence-electron chi connectivity index (χ2n) is 5.73. The molecule has 0 heterocycles. The molecular formula is C11H23N3O2S. The normalized spacial score (nSPS) is 12.1. The minimum absolute atomic E-state index is 0.234. The number of thioether (sulfide) groups is 1. The van der Waals surface area contributed by atoms with Crippen LogP contribution >= 0.6 is 11.8 Å². The SMILES string of the molecule is CC(C)(N)CSCC(=O)NC(=O)NC(C)(C)C. The zero-order valence-electron chi connectivity index (χ0n) is 11.2. The molecule has 0 aromatic carbocycles. The van der Waals surface area contributed by atoms with Crippen molar-refractivity contribution in [1.82, 2.24) is 10.6 Å². The molecule has 0 unspecified atom stereocenters. The monoisotopic (exact) mass is 261 g/mol. The third-order valence-corrected chi connectivity index (χ3v) is 2.86. The van der Waals surface area contributed by atoms with Gasteiger partial charge in [-0.2, -0.15) is 11.8 Å². The molecule has 0 radical (unpaired) electrons. The van der Waals surface area contributed by atoms with Crippen LogP contribution in [0.15, 0.2) is 0 Å². The van der Waals surface area contributed by atoms with Gasteiger partial charge in [0.05, 0.1) is 5.75 Å². The van der Waals surface area contributed by atoms with Crippen LogP contribution in [0.5, 0.6) is 0 Å². The summed E-state index contributed by atoms with van der Waals surface area (Å²) in [5.74, 6) is 0.598. The Balaban J connectivity index is 3.84. The van der Waals surface area contributed by atoms with E-state index in [1.807, 2.05) is 34.6 Å². The fourth-order valence-corrected chi connectivity index (χ4v) is 1.83. The highest BCUT2D eigenvalue weighted by Crippen LogP contribution is 2.08. The smallest absolute Gasteiger partial charge is 0.321 e. The number of hydrogen-bond acceptors (Lipinski definition) is 4. The Hall–Kier alpha value is -0.750. The quantitative estimate of drug-likeness (QED) is 0.707. The number of carbonyl (C=O) groups is 2. The summed E-state index contributed by atoms with van der Waals surface area (Å²) in [6.07, 6.45) is 0. The van der Waals surface area contributed by atoms with Gasteiger partial charge < -0.3 is 11.1 Å². The summed E-state index contributed by atoms with van der Waals surface area (Å²) in [6.45, 7) is 9.34. The second kappa shape index (κ2) is 6.26. The van der Waals surface area contributed by atoms with Gasteiger partial charge in [-0.3, -0.25) is 10.1 Å². The Kier molecular flexibility index (Phi) is 5.98. The molecule has 0 aromatic heterocycles. The fourth-order valence-electron chi connectivity index (χ4n) is 0.941. The first kappa shape index (κ1) is 16.2. The van der Waals surface area contributed by atoms with E-state index in [1.165, 1.54) is 11.8 Å². The first-order valence-corrected chi connectivity index (χ1v) is 6.64. The third-order valence-electron chi connectivity index (χ3n) is 1.45. The highest BCUT2D eigenvalue weighted by atomic mass is 32.2. The van der Waals surface area contributed by atoms with Crippen molar-refractivity contribution in [3.63, 3.8) is 0 Å². The van der Waals surface area contributed by atoms with E-state index in [2.05, 4.69) is 10.6 Å². The lowest BCUT2D eigenvalue weighted by atomic mass is 10.1. The Labute approximate surface area is 107 Å². The molecular weight excluding hydrogens is 238 g/mol. The van der Waals surface area contributed by atoms with Gasteiger partial charge in [0.25, 0.3) is 0 Å². The Morgan fingerprint density at radius 2 is 1.71 bits per heavy atom. The zero-order valence-corrected chi connectivity index (χ0v) is 12.0. The Morgan fingerprint density at radius 1 is 1.18 bits per heavy atom. The lowest BCUT2D eigenvalue weighted by Crippen LogP contribution is -2.48. The Morgan fingerprint density at radius 3 is 2.12 bits per heavy atom. The van der Waals surface area contributed by atoms with E-state index in [-0.39, 0.29) is 22.7 Å². The summed E-state index contributed by atoms with van der Waals surface area (Å²) in [4.78, 5) is 22.7. The van der Waals surface area contributed by atoms with Crippen LogP contribution in [-0.2, 0) is 4.79 Å². The molecule has 6 heteroatoms. The minimum Gasteiger partial charge on any atom is -0.333 e. The van der Waals surface area contributed by atoms with Crippen LogP contribution in [0.3, 0.4) is 0 Å². The van der Waals surface area contributed by atoms with E-state index in [0.29, 0.717) is 5.75 Å². The van der Waals surface area contributed by atoms with Crippen molar-refractivity contribution in [2.75, 3.05) is 11.5 Å². The fraction of sp³-hybridized carbons (Fsp3) is 0.818. The standard InChI is InChI=1S/C11H23N3O2S/c1-10(2,3)14-9(16)13-8(15)6-17-7-11(4,5)12/h6-7,12H2,1-5H3,(H2,13,14,15,16). The van der Waals surface area contributed by atoms with Gasteiger partial charge in [-0.15, -0.1) is 0 Å². The van der Waals surface area contributed by atoms with Crippen molar-refractivity contribution in [2.24, 2.45) is 5.73 Å². The molecule has 5 nitrogen and oxygen atoms in total. The molecule has 17 heavy (non-hydrogen) atoms. The molecule has 100 valence electrons. The maximum absolute atomic E-state index is 11.4. The molecule has 0 bridgehead atoms. The molecule has 0 saturated carbocycles. The maximum Gasteiger partial charge on any atom is 0.321 e. The van der Waals surface area contributed by atoms with Crippen LogP contribution in [0.1, 0.15) is 34.6 Å². The predicted octanol–water partition coefficient (Wildman–Crippen LogP) is 1.08. The van der Waals surface area contributed by atoms with E-state index in [0.717, 1.165) is 0 Å². The highest BCUT2D eigenvalue weighted by molar-refractivity contribution is 8.00. The van der Waals surface area contributed by atoms with Gasteiger partial charge in [-0.05, 0) is 34.6 Å². The molecule has 4 N–H and O–H groups in total. The highest BCUT2D eigenvalue weighted by Gasteiger charge is 2.16. The summed E-state index contributed by atoms with van der Waals surface area (Å²) in [5.41, 5.74) is 5.12. The van der Waals surface area contributed by atoms with Gasteiger partial charge >= 0.3 is 6.03 Å². The molecule has 0 aliphatic heterocycles. The van der Waals surface area contributed by atoms with Gasteiger partial charge in [-0.1, -0.05) is 0 Å². The van der Waals surface area contributed by atoms with Gasteiger partial charge in [0.15, 0.2) is 0 Å². The van der Waals surface area contributed by atoms with Crippen molar-refractivity contribution in [3.05, 3.63) is 0 Å². The lowest BCUT2D eigenvalue weighted by molar-refractivity contribution is -0.117. The molecule has 0 fully saturated rings. The van der Waals surface area contributed by atoms with Gasteiger partial charge in [0.2, 0.25) is 5.91 Å². The van der Waals surface area contributed by atoms with Crippen molar-refractivity contribution in [2.45, 2.75) is 45.7 Å². The Bertz CT molecular complexity index is 279. The van der Waals surface area contributed by atoms with Gasteiger partial charge in [0.1, 0.15) is 0 Å². The topological polar surface area (TPSA) is 84.2 Å². The van der Waals surface area contributed by atoms with E-state index >= 15 is 0 Å². The van der Waals surface area contributed by atoms with E-state index < -0.39 is 6.03 Å². The van der Waals surface area contributed by atoms with Crippen LogP contribution in [0.25, 0.3) is 0 Å². The number of amides is 3. The number of rotatable bonds is 4. The average Bonchev–Trinajstić information content (AvgIpc) is 1.96. The van der Waals surface area contributed by atoms with E-state index in [1.54, 1.807) is 0 Å². The lowest BCUT2D eigenvalue weighted by Gasteiger charge is -2.20. The van der Waals surface area contributed by atoms with Crippen LogP contribution in [-0.4, -0.2) is 34.5 Å². The van der Waals surface area contributed by atoms with Gasteiger partial charge in [-0.25, -0.2) is 4.79 Å². The molecule has 0 rings (SSSR count). The molecule has 0 aliphatic rings. The number of urea groups is 1. The molecule has 0 aliphatic carbocycles. The number of nitrogens with one attached hydrogen (secondary N) is 2. The van der Waals surface area contributed by atoms with Crippen molar-refractivity contribution >= 4 is 23.7 Å². The number of hydrogen-bond donors (Lipinski definition) is 3. The van der Waals surface area contributed by atoms with Crippen molar-refractivity contribution in [3.8, 4) is 0 Å². The molecule has 0 atom stereocenters. The molecule has 0 aromatic rings. The zero-order chi connectivity index (χ0) is 13.7. The summed E-state index contributed by atoms with van der Waals surface area (Å²) >= 11 is 1.41. The summed E-state index contributed by atoms with van der Waals surface area (Å²) < 4.78 is 0. The molecule has 0 saturated heterocycles. The van der Waals surface area contributed by atoms with Crippen molar-refractivity contribution in [1.29, 1.82) is 0 Å². The largest absolute Gasteiger partial charge is 0.333 e. The summed E-state index contributed by atoms with van der Waals surface area (Å²) in [6, 6.07) is -0.463. The van der Waals surface area contributed by atoms with E-state index in [4.69, 9.17) is 5.73 Å². The average molecular weight is 261 g/mol. The summed E-state index contributed by atoms with van der Waals surface area (Å²) in [5, 5.41) is 4.92. The summed E-state index contributed by atoms with van der Waals surface area (Å²) in [7, 11) is 0. The number of nitrogens with two attached hydrogens (primary N) is 1. The third kappa shape index (κ3) is 11.5. The number of imide groups is 1. The minimum atomic E-state index is -0.463. The second-order valence-corrected chi connectivity index (χ2v) is 6.72. The maximum atomic E-state index is 11.4. The van der Waals surface area contributed by atoms with Gasteiger partial charge in [0, 0.05) is 16.8 Å². The predicted molar refractivity (Wildman–Crippen MR) is 72.0 cm³/mol. The van der Waals surface area contributed by atoms with E-state index in [9.17, 15) is 9.59 Å². The van der Waals surface area contributed by atoms with Crippen LogP contribution in [0, 0.1) is 0 Å². The first-order valence-electron chi connectivity index (χ1n) is 5.48. The first-order chi connectivity index (χ1) is 7.49. The number of carbonyl (C=O) groups excluding carboxylic acids is 2. The molecule has 0 spiro atoms. The van der Waals surface area contributed by atoms with Crippen LogP contribution in [0.4, 0.5) is 4.79 Å².